The van der Waals surface area contributed by atoms with Gasteiger partial charge in [0.25, 0.3) is 5.91 Å². The van der Waals surface area contributed by atoms with Crippen LogP contribution in [0.2, 0.25) is 0 Å². The molecule has 1 aromatic heterocycles. The molecule has 0 radical (unpaired) electrons. The Morgan fingerprint density at radius 1 is 1.14 bits per heavy atom. The zero-order valence-electron chi connectivity index (χ0n) is 15.6. The van der Waals surface area contributed by atoms with Crippen molar-refractivity contribution in [2.75, 3.05) is 6.61 Å². The topological polar surface area (TPSA) is 43.6 Å². The van der Waals surface area contributed by atoms with Crippen molar-refractivity contribution in [3.8, 4) is 5.75 Å². The van der Waals surface area contributed by atoms with Crippen molar-refractivity contribution in [1.29, 1.82) is 0 Å². The van der Waals surface area contributed by atoms with E-state index in [9.17, 15) is 4.79 Å². The fourth-order valence-corrected chi connectivity index (χ4v) is 4.37. The third-order valence-corrected chi connectivity index (χ3v) is 5.54. The molecule has 0 aliphatic heterocycles. The summed E-state index contributed by atoms with van der Waals surface area (Å²) in [4.78, 5) is 18.2. The first-order valence-corrected chi connectivity index (χ1v) is 9.97. The van der Waals surface area contributed by atoms with Gasteiger partial charge in [0.15, 0.2) is 4.80 Å². The first-order chi connectivity index (χ1) is 13.7. The molecule has 3 aromatic carbocycles. The van der Waals surface area contributed by atoms with E-state index >= 15 is 0 Å². The summed E-state index contributed by atoms with van der Waals surface area (Å²) in [5.74, 6) is 0.538. The monoisotopic (exact) mass is 388 g/mol. The van der Waals surface area contributed by atoms with Gasteiger partial charge in [0.1, 0.15) is 11.3 Å². The van der Waals surface area contributed by atoms with Gasteiger partial charge in [-0.1, -0.05) is 59.9 Å². The van der Waals surface area contributed by atoms with Crippen molar-refractivity contribution in [3.63, 3.8) is 0 Å². The van der Waals surface area contributed by atoms with Gasteiger partial charge in [0.05, 0.1) is 11.3 Å². The van der Waals surface area contributed by atoms with Crippen LogP contribution in [0.15, 0.2) is 78.3 Å². The van der Waals surface area contributed by atoms with Gasteiger partial charge in [-0.25, -0.2) is 0 Å². The maximum atomic E-state index is 13.0. The average Bonchev–Trinajstić information content (AvgIpc) is 3.06. The van der Waals surface area contributed by atoms with Crippen molar-refractivity contribution in [3.05, 3.63) is 83.7 Å². The van der Waals surface area contributed by atoms with Crippen molar-refractivity contribution in [2.24, 2.45) is 4.99 Å². The third-order valence-electron chi connectivity index (χ3n) is 4.49. The number of hydrogen-bond donors (Lipinski definition) is 0. The Kier molecular flexibility index (Phi) is 5.08. The number of carbonyl (C=O) groups is 1. The van der Waals surface area contributed by atoms with Crippen molar-refractivity contribution >= 4 is 38.2 Å². The zero-order valence-corrected chi connectivity index (χ0v) is 16.4. The van der Waals surface area contributed by atoms with Crippen LogP contribution in [0.4, 0.5) is 0 Å². The molecule has 0 aliphatic rings. The number of benzene rings is 3. The van der Waals surface area contributed by atoms with Gasteiger partial charge in [0, 0.05) is 12.1 Å². The van der Waals surface area contributed by atoms with Gasteiger partial charge < -0.3 is 9.30 Å². The molecule has 140 valence electrons. The average molecular weight is 388 g/mol. The molecular formula is C23H20N2O2S. The number of allylic oxidation sites excluding steroid dienone is 1. The molecule has 0 atom stereocenters. The van der Waals surface area contributed by atoms with Gasteiger partial charge in [-0.05, 0) is 35.9 Å². The number of nitrogens with zero attached hydrogens (tertiary/aromatic N) is 2. The van der Waals surface area contributed by atoms with Gasteiger partial charge >= 0.3 is 0 Å². The molecule has 4 rings (SSSR count). The van der Waals surface area contributed by atoms with E-state index in [4.69, 9.17) is 4.74 Å². The largest absolute Gasteiger partial charge is 0.492 e. The molecule has 0 N–H and O–H groups in total. The summed E-state index contributed by atoms with van der Waals surface area (Å²) in [6.07, 6.45) is 1.80. The number of para-hydroxylation sites is 1. The molecule has 0 unspecified atom stereocenters. The lowest BCUT2D eigenvalue weighted by Gasteiger charge is -2.08. The summed E-state index contributed by atoms with van der Waals surface area (Å²) in [5.41, 5.74) is 1.55. The summed E-state index contributed by atoms with van der Waals surface area (Å²) in [6.45, 7) is 6.93. The molecule has 0 saturated heterocycles. The van der Waals surface area contributed by atoms with Gasteiger partial charge in [-0.15, -0.1) is 6.58 Å². The van der Waals surface area contributed by atoms with E-state index in [0.29, 0.717) is 23.5 Å². The highest BCUT2D eigenvalue weighted by atomic mass is 32.1. The van der Waals surface area contributed by atoms with E-state index in [1.165, 1.54) is 11.3 Å². The number of rotatable bonds is 5. The molecule has 4 nitrogen and oxygen atoms in total. The van der Waals surface area contributed by atoms with Crippen molar-refractivity contribution < 1.29 is 9.53 Å². The Hall–Kier alpha value is -3.18. The second kappa shape index (κ2) is 7.82. The lowest BCUT2D eigenvalue weighted by atomic mass is 10.0. The lowest BCUT2D eigenvalue weighted by Crippen LogP contribution is -2.16. The van der Waals surface area contributed by atoms with Crippen LogP contribution in [0.3, 0.4) is 0 Å². The van der Waals surface area contributed by atoms with Crippen molar-refractivity contribution in [2.45, 2.75) is 13.5 Å². The minimum absolute atomic E-state index is 0.251. The van der Waals surface area contributed by atoms with E-state index < -0.39 is 0 Å². The van der Waals surface area contributed by atoms with Crippen LogP contribution < -0.4 is 9.54 Å². The van der Waals surface area contributed by atoms with Crippen molar-refractivity contribution in [1.82, 2.24) is 4.57 Å². The molecule has 0 saturated carbocycles. The Bertz CT molecular complexity index is 1250. The third kappa shape index (κ3) is 3.25. The van der Waals surface area contributed by atoms with Crippen LogP contribution in [0.25, 0.3) is 21.0 Å². The number of aromatic nitrogens is 1. The minimum Gasteiger partial charge on any atom is -0.492 e. The number of carbonyl (C=O) groups excluding carboxylic acids is 1. The Morgan fingerprint density at radius 3 is 2.75 bits per heavy atom. The number of thiazole rings is 1. The molecule has 0 bridgehead atoms. The number of amides is 1. The highest BCUT2D eigenvalue weighted by molar-refractivity contribution is 7.16. The predicted molar refractivity (Wildman–Crippen MR) is 115 cm³/mol. The SMILES string of the molecule is C=CCn1c(=NC(=O)c2cccc3ccccc23)sc2cccc(OCC)c21. The standard InChI is InChI=1S/C23H20N2O2S/c1-3-15-25-21-19(27-4-2)13-8-14-20(21)28-23(25)24-22(26)18-12-7-10-16-9-5-6-11-17(16)18/h3,5-14H,1,4,15H2,2H3. The van der Waals surface area contributed by atoms with E-state index in [2.05, 4.69) is 11.6 Å². The molecule has 1 amide bonds. The van der Waals surface area contributed by atoms with Crippen LogP contribution in [0.5, 0.6) is 5.75 Å². The van der Waals surface area contributed by atoms with Crippen LogP contribution in [0.1, 0.15) is 17.3 Å². The first-order valence-electron chi connectivity index (χ1n) is 9.15. The van der Waals surface area contributed by atoms with Crippen LogP contribution in [-0.4, -0.2) is 17.1 Å². The van der Waals surface area contributed by atoms with Crippen LogP contribution >= 0.6 is 11.3 Å². The molecule has 4 aromatic rings. The summed E-state index contributed by atoms with van der Waals surface area (Å²) < 4.78 is 8.80. The minimum atomic E-state index is -0.251. The summed E-state index contributed by atoms with van der Waals surface area (Å²) in [5, 5.41) is 1.93. The maximum Gasteiger partial charge on any atom is 0.280 e. The lowest BCUT2D eigenvalue weighted by molar-refractivity contribution is 0.0999. The second-order valence-corrected chi connectivity index (χ2v) is 7.27. The zero-order chi connectivity index (χ0) is 19.5. The normalized spacial score (nSPS) is 11.8. The molecule has 1 heterocycles. The Balaban J connectivity index is 1.91. The van der Waals surface area contributed by atoms with Gasteiger partial charge in [0.2, 0.25) is 0 Å². The van der Waals surface area contributed by atoms with Crippen LogP contribution in [-0.2, 0) is 6.54 Å². The predicted octanol–water partition coefficient (Wildman–Crippen LogP) is 5.18. The van der Waals surface area contributed by atoms with E-state index in [1.54, 1.807) is 6.08 Å². The summed E-state index contributed by atoms with van der Waals surface area (Å²) in [7, 11) is 0. The van der Waals surface area contributed by atoms with E-state index in [-0.39, 0.29) is 5.91 Å². The number of ether oxygens (including phenoxy) is 1. The molecule has 0 aliphatic carbocycles. The smallest absolute Gasteiger partial charge is 0.280 e. The summed E-state index contributed by atoms with van der Waals surface area (Å²) >= 11 is 1.48. The quantitative estimate of drug-likeness (QED) is 0.442. The molecule has 5 heteroatoms. The maximum absolute atomic E-state index is 13.0. The van der Waals surface area contributed by atoms with Crippen LogP contribution in [0, 0.1) is 0 Å². The molecule has 0 spiro atoms. The fourth-order valence-electron chi connectivity index (χ4n) is 3.31. The number of hydrogen-bond acceptors (Lipinski definition) is 3. The molecular weight excluding hydrogens is 368 g/mol. The van der Waals surface area contributed by atoms with E-state index in [0.717, 1.165) is 26.7 Å². The second-order valence-electron chi connectivity index (χ2n) is 6.26. The molecule has 28 heavy (non-hydrogen) atoms. The fraction of sp³-hybridized carbons (Fsp3) is 0.130. The Morgan fingerprint density at radius 2 is 1.93 bits per heavy atom. The van der Waals surface area contributed by atoms with E-state index in [1.807, 2.05) is 72.2 Å². The van der Waals surface area contributed by atoms with Gasteiger partial charge in [-0.3, -0.25) is 4.79 Å². The highest BCUT2D eigenvalue weighted by Crippen LogP contribution is 2.28. The Labute approximate surface area is 167 Å². The summed E-state index contributed by atoms with van der Waals surface area (Å²) in [6, 6.07) is 19.5. The first kappa shape index (κ1) is 18.2. The molecule has 0 fully saturated rings. The highest BCUT2D eigenvalue weighted by Gasteiger charge is 2.13. The van der Waals surface area contributed by atoms with Gasteiger partial charge in [-0.2, -0.15) is 4.99 Å². The number of fused-ring (bicyclic) bond motifs is 2.